The summed E-state index contributed by atoms with van der Waals surface area (Å²) >= 11 is 0. The van der Waals surface area contributed by atoms with Crippen molar-refractivity contribution < 1.29 is 9.53 Å². The van der Waals surface area contributed by atoms with Crippen LogP contribution in [0.1, 0.15) is 19.3 Å². The summed E-state index contributed by atoms with van der Waals surface area (Å²) in [6.07, 6.45) is 2.75. The van der Waals surface area contributed by atoms with Crippen LogP contribution in [0.4, 0.5) is 0 Å². The number of likely N-dealkylation sites (N-methyl/N-ethyl adjacent to an activating group) is 2. The summed E-state index contributed by atoms with van der Waals surface area (Å²) in [5, 5.41) is 3.04. The molecule has 1 fully saturated rings. The van der Waals surface area contributed by atoms with E-state index in [0.29, 0.717) is 12.3 Å². The van der Waals surface area contributed by atoms with E-state index in [1.807, 2.05) is 14.1 Å². The smallest absolute Gasteiger partial charge is 0.222 e. The van der Waals surface area contributed by atoms with Crippen molar-refractivity contribution >= 4 is 18.3 Å². The lowest BCUT2D eigenvalue weighted by molar-refractivity contribution is -0.130. The molecule has 0 radical (unpaired) electrons. The van der Waals surface area contributed by atoms with Crippen molar-refractivity contribution in [3.63, 3.8) is 0 Å². The fraction of sp³-hybridized carbons (Fsp3) is 0.909. The van der Waals surface area contributed by atoms with Gasteiger partial charge in [-0.15, -0.1) is 12.4 Å². The van der Waals surface area contributed by atoms with Crippen LogP contribution in [-0.4, -0.2) is 51.2 Å². The van der Waals surface area contributed by atoms with Crippen LogP contribution in [0.2, 0.25) is 0 Å². The zero-order valence-corrected chi connectivity index (χ0v) is 11.0. The number of rotatable bonds is 6. The van der Waals surface area contributed by atoms with Gasteiger partial charge in [0, 0.05) is 39.8 Å². The zero-order valence-electron chi connectivity index (χ0n) is 10.2. The number of carbonyl (C=O) groups is 1. The maximum absolute atomic E-state index is 11.7. The minimum absolute atomic E-state index is 0. The molecule has 1 unspecified atom stereocenters. The molecule has 96 valence electrons. The lowest BCUT2D eigenvalue weighted by atomic mass is 10.0. The molecule has 1 aliphatic rings. The average molecular weight is 251 g/mol. The summed E-state index contributed by atoms with van der Waals surface area (Å²) in [6, 6.07) is 0. The monoisotopic (exact) mass is 250 g/mol. The fourth-order valence-electron chi connectivity index (χ4n) is 1.73. The molecule has 5 heteroatoms. The average Bonchev–Trinajstić information content (AvgIpc) is 2.75. The van der Waals surface area contributed by atoms with E-state index in [-0.39, 0.29) is 18.3 Å². The highest BCUT2D eigenvalue weighted by atomic mass is 35.5. The number of ether oxygens (including phenoxy) is 1. The van der Waals surface area contributed by atoms with E-state index in [0.717, 1.165) is 39.1 Å². The molecule has 0 spiro atoms. The molecular formula is C11H23ClN2O2. The van der Waals surface area contributed by atoms with Crippen molar-refractivity contribution in [1.29, 1.82) is 0 Å². The van der Waals surface area contributed by atoms with Gasteiger partial charge in [-0.3, -0.25) is 4.79 Å². The van der Waals surface area contributed by atoms with Gasteiger partial charge in [-0.25, -0.2) is 0 Å². The third-order valence-corrected chi connectivity index (χ3v) is 2.91. The summed E-state index contributed by atoms with van der Waals surface area (Å²) < 4.78 is 5.28. The van der Waals surface area contributed by atoms with Gasteiger partial charge in [0.1, 0.15) is 0 Å². The van der Waals surface area contributed by atoms with Gasteiger partial charge in [0.05, 0.1) is 0 Å². The molecule has 16 heavy (non-hydrogen) atoms. The SMILES string of the molecule is CNCCN(C)C(=O)CCC1CCOC1.Cl. The lowest BCUT2D eigenvalue weighted by Crippen LogP contribution is -2.32. The highest BCUT2D eigenvalue weighted by Gasteiger charge is 2.17. The van der Waals surface area contributed by atoms with Crippen molar-refractivity contribution in [2.45, 2.75) is 19.3 Å². The minimum atomic E-state index is 0. The van der Waals surface area contributed by atoms with Crippen LogP contribution in [0.5, 0.6) is 0 Å². The second-order valence-electron chi connectivity index (χ2n) is 4.19. The van der Waals surface area contributed by atoms with Gasteiger partial charge < -0.3 is 15.0 Å². The van der Waals surface area contributed by atoms with Crippen LogP contribution in [0, 0.1) is 5.92 Å². The Kier molecular flexibility index (Phi) is 8.61. The highest BCUT2D eigenvalue weighted by molar-refractivity contribution is 5.85. The quantitative estimate of drug-likeness (QED) is 0.762. The minimum Gasteiger partial charge on any atom is -0.381 e. The maximum atomic E-state index is 11.7. The topological polar surface area (TPSA) is 41.6 Å². The van der Waals surface area contributed by atoms with E-state index < -0.39 is 0 Å². The Bertz CT molecular complexity index is 196. The second kappa shape index (κ2) is 8.79. The Labute approximate surface area is 104 Å². The Morgan fingerprint density at radius 3 is 2.88 bits per heavy atom. The molecule has 1 N–H and O–H groups in total. The molecule has 0 aliphatic carbocycles. The van der Waals surface area contributed by atoms with E-state index in [2.05, 4.69) is 5.32 Å². The molecular weight excluding hydrogens is 228 g/mol. The molecule has 1 heterocycles. The first-order chi connectivity index (χ1) is 7.24. The van der Waals surface area contributed by atoms with E-state index in [4.69, 9.17) is 4.74 Å². The zero-order chi connectivity index (χ0) is 11.1. The number of carbonyl (C=O) groups excluding carboxylic acids is 1. The fourth-order valence-corrected chi connectivity index (χ4v) is 1.73. The van der Waals surface area contributed by atoms with Gasteiger partial charge in [0.15, 0.2) is 0 Å². The second-order valence-corrected chi connectivity index (χ2v) is 4.19. The summed E-state index contributed by atoms with van der Waals surface area (Å²) in [5.41, 5.74) is 0. The maximum Gasteiger partial charge on any atom is 0.222 e. The van der Waals surface area contributed by atoms with Gasteiger partial charge in [-0.05, 0) is 25.8 Å². The molecule has 1 aliphatic heterocycles. The first-order valence-corrected chi connectivity index (χ1v) is 5.70. The Morgan fingerprint density at radius 2 is 2.31 bits per heavy atom. The number of hydrogen-bond donors (Lipinski definition) is 1. The molecule has 1 amide bonds. The number of nitrogens with one attached hydrogen (secondary N) is 1. The van der Waals surface area contributed by atoms with Gasteiger partial charge in [-0.1, -0.05) is 0 Å². The van der Waals surface area contributed by atoms with Gasteiger partial charge >= 0.3 is 0 Å². The number of halogens is 1. The van der Waals surface area contributed by atoms with E-state index >= 15 is 0 Å². The van der Waals surface area contributed by atoms with Gasteiger partial charge in [-0.2, -0.15) is 0 Å². The number of nitrogens with zero attached hydrogens (tertiary/aromatic N) is 1. The first kappa shape index (κ1) is 15.7. The normalized spacial score (nSPS) is 19.2. The summed E-state index contributed by atoms with van der Waals surface area (Å²) in [6.45, 7) is 3.35. The molecule has 4 nitrogen and oxygen atoms in total. The summed E-state index contributed by atoms with van der Waals surface area (Å²) in [4.78, 5) is 13.5. The molecule has 0 bridgehead atoms. The van der Waals surface area contributed by atoms with E-state index in [1.54, 1.807) is 4.90 Å². The van der Waals surface area contributed by atoms with Crippen molar-refractivity contribution in [2.24, 2.45) is 5.92 Å². The van der Waals surface area contributed by atoms with Crippen molar-refractivity contribution in [3.05, 3.63) is 0 Å². The largest absolute Gasteiger partial charge is 0.381 e. The van der Waals surface area contributed by atoms with Gasteiger partial charge in [0.2, 0.25) is 5.91 Å². The molecule has 0 saturated carbocycles. The Balaban J connectivity index is 0.00000225. The van der Waals surface area contributed by atoms with Crippen molar-refractivity contribution in [2.75, 3.05) is 40.4 Å². The first-order valence-electron chi connectivity index (χ1n) is 5.70. The van der Waals surface area contributed by atoms with Crippen LogP contribution >= 0.6 is 12.4 Å². The number of amides is 1. The Hall–Kier alpha value is -0.320. The molecule has 1 rings (SSSR count). The predicted molar refractivity (Wildman–Crippen MR) is 67.0 cm³/mol. The third-order valence-electron chi connectivity index (χ3n) is 2.91. The summed E-state index contributed by atoms with van der Waals surface area (Å²) in [5.74, 6) is 0.851. The molecule has 1 atom stereocenters. The van der Waals surface area contributed by atoms with E-state index in [9.17, 15) is 4.79 Å². The standard InChI is InChI=1S/C11H22N2O2.ClH/c1-12-6-7-13(2)11(14)4-3-10-5-8-15-9-10;/h10,12H,3-9H2,1-2H3;1H. The van der Waals surface area contributed by atoms with Crippen LogP contribution in [0.3, 0.4) is 0 Å². The predicted octanol–water partition coefficient (Wildman–Crippen LogP) is 0.903. The highest BCUT2D eigenvalue weighted by Crippen LogP contribution is 2.18. The molecule has 0 aromatic carbocycles. The Morgan fingerprint density at radius 1 is 1.56 bits per heavy atom. The molecule has 0 aromatic heterocycles. The van der Waals surface area contributed by atoms with Crippen LogP contribution in [-0.2, 0) is 9.53 Å². The van der Waals surface area contributed by atoms with Gasteiger partial charge in [0.25, 0.3) is 0 Å². The van der Waals surface area contributed by atoms with Crippen LogP contribution in [0.15, 0.2) is 0 Å². The molecule has 0 aromatic rings. The van der Waals surface area contributed by atoms with E-state index in [1.165, 1.54) is 0 Å². The van der Waals surface area contributed by atoms with Crippen LogP contribution in [0.25, 0.3) is 0 Å². The van der Waals surface area contributed by atoms with Crippen molar-refractivity contribution in [3.8, 4) is 0 Å². The number of hydrogen-bond acceptors (Lipinski definition) is 3. The van der Waals surface area contributed by atoms with Crippen LogP contribution < -0.4 is 5.32 Å². The lowest BCUT2D eigenvalue weighted by Gasteiger charge is -2.17. The third kappa shape index (κ3) is 5.68. The summed E-state index contributed by atoms with van der Waals surface area (Å²) in [7, 11) is 3.76. The van der Waals surface area contributed by atoms with Crippen molar-refractivity contribution in [1.82, 2.24) is 10.2 Å². The molecule has 1 saturated heterocycles.